The lowest BCUT2D eigenvalue weighted by atomic mass is 9.95. The van der Waals surface area contributed by atoms with Crippen molar-refractivity contribution in [1.82, 2.24) is 4.98 Å². The van der Waals surface area contributed by atoms with Gasteiger partial charge in [-0.1, -0.05) is 30.4 Å². The minimum Gasteiger partial charge on any atom is -0.507 e. The van der Waals surface area contributed by atoms with Crippen LogP contribution in [0.15, 0.2) is 54.1 Å². The van der Waals surface area contributed by atoms with Gasteiger partial charge in [-0.25, -0.2) is 4.98 Å². The van der Waals surface area contributed by atoms with Crippen molar-refractivity contribution in [2.75, 3.05) is 18.1 Å². The molecular formula is C28H28N2O6S. The summed E-state index contributed by atoms with van der Waals surface area (Å²) in [6, 6.07) is 12.7. The summed E-state index contributed by atoms with van der Waals surface area (Å²) in [5.74, 6) is -0.972. The number of hydrogen-bond acceptors (Lipinski definition) is 8. The highest BCUT2D eigenvalue weighted by Crippen LogP contribution is 2.44. The van der Waals surface area contributed by atoms with E-state index in [0.717, 1.165) is 17.8 Å². The lowest BCUT2D eigenvalue weighted by Gasteiger charge is -2.23. The molecule has 1 saturated heterocycles. The minimum atomic E-state index is -0.970. The number of nitrogens with zero attached hydrogens (tertiary/aromatic N) is 2. The number of benzene rings is 2. The average molecular weight is 521 g/mol. The van der Waals surface area contributed by atoms with E-state index < -0.39 is 17.7 Å². The molecule has 1 atom stereocenters. The Morgan fingerprint density at radius 1 is 1.08 bits per heavy atom. The third kappa shape index (κ3) is 5.13. The van der Waals surface area contributed by atoms with Crippen LogP contribution < -0.4 is 14.4 Å². The van der Waals surface area contributed by atoms with Crippen molar-refractivity contribution in [3.05, 3.63) is 75.8 Å². The molecule has 0 aliphatic carbocycles. The topological polar surface area (TPSA) is 106 Å². The van der Waals surface area contributed by atoms with Gasteiger partial charge in [0.05, 0.1) is 35.4 Å². The van der Waals surface area contributed by atoms with Gasteiger partial charge in [0.15, 0.2) is 10.9 Å². The van der Waals surface area contributed by atoms with Gasteiger partial charge in [-0.2, -0.15) is 0 Å². The van der Waals surface area contributed by atoms with Crippen LogP contribution >= 0.6 is 11.3 Å². The van der Waals surface area contributed by atoms with Crippen LogP contribution in [0.3, 0.4) is 0 Å². The maximum absolute atomic E-state index is 13.4. The highest BCUT2D eigenvalue weighted by Gasteiger charge is 2.48. The van der Waals surface area contributed by atoms with Gasteiger partial charge in [0.1, 0.15) is 17.3 Å². The number of carbonyl (C=O) groups is 3. The first kappa shape index (κ1) is 26.1. The van der Waals surface area contributed by atoms with Gasteiger partial charge in [0, 0.05) is 12.5 Å². The summed E-state index contributed by atoms with van der Waals surface area (Å²) in [5.41, 5.74) is 1.33. The molecule has 1 aliphatic heterocycles. The van der Waals surface area contributed by atoms with Crippen LogP contribution in [-0.4, -0.2) is 40.8 Å². The van der Waals surface area contributed by atoms with Crippen LogP contribution in [-0.2, 0) is 9.59 Å². The van der Waals surface area contributed by atoms with E-state index >= 15 is 0 Å². The van der Waals surface area contributed by atoms with Gasteiger partial charge in [0.2, 0.25) is 0 Å². The Balaban J connectivity index is 1.89. The molecule has 9 heteroatoms. The van der Waals surface area contributed by atoms with Crippen LogP contribution in [0.5, 0.6) is 11.5 Å². The molecule has 1 amide bonds. The summed E-state index contributed by atoms with van der Waals surface area (Å²) in [7, 11) is 0. The zero-order valence-corrected chi connectivity index (χ0v) is 21.9. The second-order valence-corrected chi connectivity index (χ2v) is 9.49. The van der Waals surface area contributed by atoms with Gasteiger partial charge < -0.3 is 14.6 Å². The predicted molar refractivity (Wildman–Crippen MR) is 141 cm³/mol. The number of carbonyl (C=O) groups excluding carboxylic acids is 3. The summed E-state index contributed by atoms with van der Waals surface area (Å²) in [4.78, 5) is 45.0. The fourth-order valence-electron chi connectivity index (χ4n) is 4.18. The number of ether oxygens (including phenoxy) is 2. The minimum absolute atomic E-state index is 0.0703. The van der Waals surface area contributed by atoms with E-state index in [-0.39, 0.29) is 22.2 Å². The molecule has 0 spiro atoms. The van der Waals surface area contributed by atoms with Gasteiger partial charge in [-0.15, -0.1) is 0 Å². The molecule has 192 valence electrons. The molecule has 1 N–H and O–H groups in total. The normalized spacial score (nSPS) is 16.8. The molecular weight excluding hydrogens is 492 g/mol. The average Bonchev–Trinajstić information content (AvgIpc) is 3.40. The summed E-state index contributed by atoms with van der Waals surface area (Å²) >= 11 is 1.04. The van der Waals surface area contributed by atoms with Crippen molar-refractivity contribution in [3.63, 3.8) is 0 Å². The van der Waals surface area contributed by atoms with E-state index in [2.05, 4.69) is 4.98 Å². The van der Waals surface area contributed by atoms with Crippen LogP contribution in [0.25, 0.3) is 5.76 Å². The number of aromatic nitrogens is 1. The first-order valence-corrected chi connectivity index (χ1v) is 12.8. The number of aryl methyl sites for hydroxylation is 1. The number of Topliss-reactive ketones (excluding diaryl/α,β-unsaturated/α-hetero) is 2. The Bertz CT molecular complexity index is 1380. The van der Waals surface area contributed by atoms with Gasteiger partial charge in [0.25, 0.3) is 5.78 Å². The van der Waals surface area contributed by atoms with E-state index in [1.807, 2.05) is 13.8 Å². The van der Waals surface area contributed by atoms with E-state index in [1.54, 1.807) is 55.5 Å². The maximum atomic E-state index is 13.4. The standard InChI is InChI=1S/C28H28N2O6S/c1-5-14-36-21-9-7-8-19(15-21)23-22(24(32)18-10-12-20(13-11-18)35-6-2)25(33)27(34)30(23)28-29-16(3)26(37-28)17(4)31/h7-13,15,23,32H,5-6,14H2,1-4H3/b24-22+. The van der Waals surface area contributed by atoms with Crippen molar-refractivity contribution < 1.29 is 29.0 Å². The molecule has 1 aromatic heterocycles. The Hall–Kier alpha value is -3.98. The van der Waals surface area contributed by atoms with Crippen molar-refractivity contribution in [2.24, 2.45) is 0 Å². The lowest BCUT2D eigenvalue weighted by Crippen LogP contribution is -2.29. The molecule has 1 unspecified atom stereocenters. The first-order chi connectivity index (χ1) is 17.8. The molecule has 1 fully saturated rings. The van der Waals surface area contributed by atoms with E-state index in [9.17, 15) is 19.5 Å². The predicted octanol–water partition coefficient (Wildman–Crippen LogP) is 5.47. The Labute approximate surface area is 219 Å². The highest BCUT2D eigenvalue weighted by molar-refractivity contribution is 7.18. The van der Waals surface area contributed by atoms with E-state index in [4.69, 9.17) is 9.47 Å². The van der Waals surface area contributed by atoms with Crippen LogP contribution in [0.4, 0.5) is 5.13 Å². The number of hydrogen-bond donors (Lipinski definition) is 1. The monoisotopic (exact) mass is 520 g/mol. The van der Waals surface area contributed by atoms with Crippen molar-refractivity contribution in [2.45, 2.75) is 40.2 Å². The maximum Gasteiger partial charge on any atom is 0.301 e. The number of aliphatic hydroxyl groups excluding tert-OH is 1. The van der Waals surface area contributed by atoms with Crippen LogP contribution in [0, 0.1) is 6.92 Å². The number of ketones is 2. The largest absolute Gasteiger partial charge is 0.507 e. The summed E-state index contributed by atoms with van der Waals surface area (Å²) < 4.78 is 11.3. The molecule has 0 bridgehead atoms. The fraction of sp³-hybridized carbons (Fsp3) is 0.286. The zero-order chi connectivity index (χ0) is 26.7. The van der Waals surface area contributed by atoms with Crippen molar-refractivity contribution in [3.8, 4) is 11.5 Å². The van der Waals surface area contributed by atoms with Crippen molar-refractivity contribution in [1.29, 1.82) is 0 Å². The Morgan fingerprint density at radius 3 is 2.43 bits per heavy atom. The summed E-state index contributed by atoms with van der Waals surface area (Å²) in [6.07, 6.45) is 0.812. The lowest BCUT2D eigenvalue weighted by molar-refractivity contribution is -0.132. The molecule has 2 heterocycles. The second kappa shape index (κ2) is 11.0. The summed E-state index contributed by atoms with van der Waals surface area (Å²) in [6.45, 7) is 7.96. The quantitative estimate of drug-likeness (QED) is 0.173. The smallest absolute Gasteiger partial charge is 0.301 e. The summed E-state index contributed by atoms with van der Waals surface area (Å²) in [5, 5.41) is 11.5. The molecule has 8 nitrogen and oxygen atoms in total. The fourth-order valence-corrected chi connectivity index (χ4v) is 5.17. The molecule has 0 radical (unpaired) electrons. The number of thiazole rings is 1. The number of amides is 1. The SMILES string of the molecule is CCCOc1cccc(C2/C(=C(\O)c3ccc(OCC)cc3)C(=O)C(=O)N2c2nc(C)c(C(C)=O)s2)c1. The second-order valence-electron chi connectivity index (χ2n) is 8.51. The van der Waals surface area contributed by atoms with Gasteiger partial charge in [-0.05, 0) is 62.2 Å². The first-order valence-electron chi connectivity index (χ1n) is 12.0. The number of aliphatic hydroxyl groups is 1. The third-order valence-electron chi connectivity index (χ3n) is 5.84. The molecule has 4 rings (SSSR count). The molecule has 3 aromatic rings. The molecule has 0 saturated carbocycles. The van der Waals surface area contributed by atoms with Crippen LogP contribution in [0.1, 0.15) is 59.7 Å². The van der Waals surface area contributed by atoms with Gasteiger partial charge >= 0.3 is 5.91 Å². The molecule has 2 aromatic carbocycles. The third-order valence-corrected chi connectivity index (χ3v) is 7.10. The molecule has 1 aliphatic rings. The van der Waals surface area contributed by atoms with Gasteiger partial charge in [-0.3, -0.25) is 19.3 Å². The van der Waals surface area contributed by atoms with E-state index in [1.165, 1.54) is 11.8 Å². The Kier molecular flexibility index (Phi) is 7.73. The highest BCUT2D eigenvalue weighted by atomic mass is 32.1. The van der Waals surface area contributed by atoms with Crippen molar-refractivity contribution >= 4 is 39.7 Å². The van der Waals surface area contributed by atoms with Crippen LogP contribution in [0.2, 0.25) is 0 Å². The zero-order valence-electron chi connectivity index (χ0n) is 21.1. The number of anilines is 1. The van der Waals surface area contributed by atoms with E-state index in [0.29, 0.717) is 46.4 Å². The molecule has 37 heavy (non-hydrogen) atoms. The Morgan fingerprint density at radius 2 is 1.81 bits per heavy atom. The number of rotatable bonds is 9.